The molecule has 4 heterocycles. The average Bonchev–Trinajstić information content (AvgIpc) is 3.44. The van der Waals surface area contributed by atoms with Crippen molar-refractivity contribution >= 4 is 16.6 Å². The Morgan fingerprint density at radius 2 is 2.20 bits per heavy atom. The summed E-state index contributed by atoms with van der Waals surface area (Å²) in [6.45, 7) is 3.88. The Labute approximate surface area is 175 Å². The topological polar surface area (TPSA) is 50.4 Å². The Balaban J connectivity index is 1.43. The van der Waals surface area contributed by atoms with Gasteiger partial charge in [0.2, 0.25) is 0 Å². The van der Waals surface area contributed by atoms with Gasteiger partial charge in [-0.2, -0.15) is 0 Å². The van der Waals surface area contributed by atoms with Crippen LogP contribution in [0.15, 0.2) is 42.6 Å². The summed E-state index contributed by atoms with van der Waals surface area (Å²) in [6.07, 6.45) is 7.78. The van der Waals surface area contributed by atoms with Crippen LogP contribution in [0, 0.1) is 5.82 Å². The predicted octanol–water partition coefficient (Wildman–Crippen LogP) is 4.65. The smallest absolute Gasteiger partial charge is 0.138 e. The molecule has 1 unspecified atom stereocenters. The number of hydrogen-bond donors (Lipinski definition) is 1. The Hall–Kier alpha value is -2.70. The van der Waals surface area contributed by atoms with E-state index in [9.17, 15) is 4.39 Å². The number of ether oxygens (including phenoxy) is 2. The van der Waals surface area contributed by atoms with Crippen LogP contribution in [0.3, 0.4) is 0 Å². The molecule has 3 aromatic rings. The first-order chi connectivity index (χ1) is 14.7. The van der Waals surface area contributed by atoms with E-state index in [2.05, 4.69) is 27.0 Å². The van der Waals surface area contributed by atoms with Crippen LogP contribution in [0.4, 0.5) is 4.39 Å². The van der Waals surface area contributed by atoms with Gasteiger partial charge in [-0.15, -0.1) is 0 Å². The molecule has 156 valence electrons. The van der Waals surface area contributed by atoms with E-state index in [-0.39, 0.29) is 5.82 Å². The predicted molar refractivity (Wildman–Crippen MR) is 116 cm³/mol. The van der Waals surface area contributed by atoms with Gasteiger partial charge < -0.3 is 14.5 Å². The molecule has 0 spiro atoms. The van der Waals surface area contributed by atoms with Gasteiger partial charge in [-0.3, -0.25) is 4.90 Å². The van der Waals surface area contributed by atoms with Crippen molar-refractivity contribution in [3.8, 4) is 16.9 Å². The van der Waals surface area contributed by atoms with E-state index in [0.717, 1.165) is 60.5 Å². The van der Waals surface area contributed by atoms with Crippen LogP contribution in [0.5, 0.6) is 5.75 Å². The van der Waals surface area contributed by atoms with Gasteiger partial charge in [-0.25, -0.2) is 9.37 Å². The second-order valence-electron chi connectivity index (χ2n) is 8.02. The zero-order valence-electron chi connectivity index (χ0n) is 17.2. The second kappa shape index (κ2) is 8.20. The monoisotopic (exact) mass is 407 g/mol. The van der Waals surface area contributed by atoms with Crippen LogP contribution in [0.25, 0.3) is 27.7 Å². The van der Waals surface area contributed by atoms with Gasteiger partial charge in [0.25, 0.3) is 0 Å². The lowest BCUT2D eigenvalue weighted by Gasteiger charge is -2.28. The molecule has 0 bridgehead atoms. The van der Waals surface area contributed by atoms with Crippen LogP contribution in [-0.4, -0.2) is 54.3 Å². The normalized spacial score (nSPS) is 19.9. The van der Waals surface area contributed by atoms with Crippen molar-refractivity contribution in [3.05, 3.63) is 54.1 Å². The molecule has 0 radical (unpaired) electrons. The highest BCUT2D eigenvalue weighted by atomic mass is 19.1. The number of benzene rings is 1. The van der Waals surface area contributed by atoms with E-state index in [1.54, 1.807) is 19.4 Å². The summed E-state index contributed by atoms with van der Waals surface area (Å²) >= 11 is 0. The first kappa shape index (κ1) is 19.3. The van der Waals surface area contributed by atoms with Gasteiger partial charge in [0.1, 0.15) is 17.2 Å². The Kier molecular flexibility index (Phi) is 5.27. The first-order valence-corrected chi connectivity index (χ1v) is 10.6. The number of rotatable bonds is 5. The van der Waals surface area contributed by atoms with Crippen LogP contribution in [-0.2, 0) is 4.74 Å². The minimum absolute atomic E-state index is 0.284. The third-order valence-electron chi connectivity index (χ3n) is 6.11. The van der Waals surface area contributed by atoms with E-state index < -0.39 is 0 Å². The molecule has 0 aliphatic carbocycles. The summed E-state index contributed by atoms with van der Waals surface area (Å²) in [5.41, 5.74) is 4.83. The number of fused-ring (bicyclic) bond motifs is 1. The minimum Gasteiger partial charge on any atom is -0.496 e. The van der Waals surface area contributed by atoms with Gasteiger partial charge in [0, 0.05) is 49.1 Å². The Morgan fingerprint density at radius 1 is 1.27 bits per heavy atom. The lowest BCUT2D eigenvalue weighted by atomic mass is 10.0. The van der Waals surface area contributed by atoms with Crippen molar-refractivity contribution in [2.24, 2.45) is 0 Å². The van der Waals surface area contributed by atoms with Gasteiger partial charge in [-0.05, 0) is 60.7 Å². The van der Waals surface area contributed by atoms with E-state index in [0.29, 0.717) is 11.9 Å². The molecule has 5 nitrogen and oxygen atoms in total. The number of halogens is 1. The minimum atomic E-state index is -0.284. The molecule has 1 atom stereocenters. The molecular formula is C24H26FN3O2. The SMILES string of the molecule is COc1ccc(F)cc1-c1ccnc2[nH]c(C3=CCN(CC4CCCO4)CC3)cc12. The standard InChI is InChI=1S/C24H26FN3O2/c1-29-23-5-4-17(25)13-20(23)19-6-9-26-24-21(19)14-22(27-24)16-7-10-28(11-8-16)15-18-3-2-12-30-18/h4-7,9,13-14,18H,2-3,8,10-12,15H2,1H3,(H,26,27). The average molecular weight is 407 g/mol. The maximum atomic E-state index is 13.9. The van der Waals surface area contributed by atoms with E-state index in [1.165, 1.54) is 30.5 Å². The maximum absolute atomic E-state index is 13.9. The molecule has 5 rings (SSSR count). The van der Waals surface area contributed by atoms with Crippen molar-refractivity contribution in [2.45, 2.75) is 25.4 Å². The molecule has 0 amide bonds. The third kappa shape index (κ3) is 3.73. The number of nitrogens with one attached hydrogen (secondary N) is 1. The van der Waals surface area contributed by atoms with E-state index >= 15 is 0 Å². The van der Waals surface area contributed by atoms with Crippen LogP contribution in [0.2, 0.25) is 0 Å². The first-order valence-electron chi connectivity index (χ1n) is 10.6. The van der Waals surface area contributed by atoms with E-state index in [4.69, 9.17) is 9.47 Å². The zero-order chi connectivity index (χ0) is 20.5. The largest absolute Gasteiger partial charge is 0.496 e. The maximum Gasteiger partial charge on any atom is 0.138 e. The molecule has 1 N–H and O–H groups in total. The fourth-order valence-corrected chi connectivity index (χ4v) is 4.52. The highest BCUT2D eigenvalue weighted by Gasteiger charge is 2.22. The van der Waals surface area contributed by atoms with Crippen molar-refractivity contribution in [1.29, 1.82) is 0 Å². The van der Waals surface area contributed by atoms with Gasteiger partial charge >= 0.3 is 0 Å². The van der Waals surface area contributed by atoms with Crippen molar-refractivity contribution in [2.75, 3.05) is 33.4 Å². The summed E-state index contributed by atoms with van der Waals surface area (Å²) in [5, 5.41) is 0.971. The van der Waals surface area contributed by atoms with Crippen molar-refractivity contribution in [1.82, 2.24) is 14.9 Å². The Morgan fingerprint density at radius 3 is 2.97 bits per heavy atom. The number of H-pyrrole nitrogens is 1. The van der Waals surface area contributed by atoms with Crippen LogP contribution in [0.1, 0.15) is 25.0 Å². The fraction of sp³-hybridized carbons (Fsp3) is 0.375. The Bertz CT molecular complexity index is 1090. The van der Waals surface area contributed by atoms with Crippen LogP contribution >= 0.6 is 0 Å². The molecule has 1 fully saturated rings. The molecule has 2 aliphatic heterocycles. The van der Waals surface area contributed by atoms with Crippen molar-refractivity contribution in [3.63, 3.8) is 0 Å². The molecule has 1 aromatic carbocycles. The quantitative estimate of drug-likeness (QED) is 0.669. The number of aromatic nitrogens is 2. The lowest BCUT2D eigenvalue weighted by Crippen LogP contribution is -2.35. The molecule has 6 heteroatoms. The number of nitrogens with zero attached hydrogens (tertiary/aromatic N) is 2. The van der Waals surface area contributed by atoms with Gasteiger partial charge in [0.05, 0.1) is 13.2 Å². The van der Waals surface area contributed by atoms with Crippen molar-refractivity contribution < 1.29 is 13.9 Å². The summed E-state index contributed by atoms with van der Waals surface area (Å²) in [7, 11) is 1.60. The third-order valence-corrected chi connectivity index (χ3v) is 6.11. The molecule has 30 heavy (non-hydrogen) atoms. The molecule has 0 saturated carbocycles. The number of pyridine rings is 1. The molecule has 2 aliphatic rings. The summed E-state index contributed by atoms with van der Waals surface area (Å²) < 4.78 is 25.2. The lowest BCUT2D eigenvalue weighted by molar-refractivity contribution is 0.0766. The number of aromatic amines is 1. The summed E-state index contributed by atoms with van der Waals surface area (Å²) in [5.74, 6) is 0.362. The fourth-order valence-electron chi connectivity index (χ4n) is 4.52. The summed E-state index contributed by atoms with van der Waals surface area (Å²) in [6, 6.07) is 8.64. The second-order valence-corrected chi connectivity index (χ2v) is 8.02. The van der Waals surface area contributed by atoms with Gasteiger partial charge in [-0.1, -0.05) is 6.08 Å². The van der Waals surface area contributed by atoms with E-state index in [1.807, 2.05) is 6.07 Å². The molecule has 1 saturated heterocycles. The molecular weight excluding hydrogens is 381 g/mol. The number of methoxy groups -OCH3 is 1. The zero-order valence-corrected chi connectivity index (χ0v) is 17.2. The highest BCUT2D eigenvalue weighted by Crippen LogP contribution is 2.36. The summed E-state index contributed by atoms with van der Waals surface area (Å²) in [4.78, 5) is 10.4. The highest BCUT2D eigenvalue weighted by molar-refractivity contribution is 5.96. The van der Waals surface area contributed by atoms with Crippen LogP contribution < -0.4 is 4.74 Å². The number of hydrogen-bond acceptors (Lipinski definition) is 4. The molecule has 2 aromatic heterocycles. The van der Waals surface area contributed by atoms with Gasteiger partial charge in [0.15, 0.2) is 0 Å².